The van der Waals surface area contributed by atoms with Gasteiger partial charge in [-0.25, -0.2) is 13.2 Å². The number of esters is 1. The Bertz CT molecular complexity index is 1080. The van der Waals surface area contributed by atoms with Crippen LogP contribution >= 0.6 is 11.6 Å². The Morgan fingerprint density at radius 1 is 1.07 bits per heavy atom. The molecule has 162 valence electrons. The molecule has 30 heavy (non-hydrogen) atoms. The van der Waals surface area contributed by atoms with Gasteiger partial charge in [-0.05, 0) is 55.3 Å². The van der Waals surface area contributed by atoms with Gasteiger partial charge in [-0.3, -0.25) is 4.79 Å². The van der Waals surface area contributed by atoms with Crippen LogP contribution in [0.5, 0.6) is 0 Å². The van der Waals surface area contributed by atoms with Crippen LogP contribution in [-0.4, -0.2) is 44.8 Å². The van der Waals surface area contributed by atoms with Gasteiger partial charge >= 0.3 is 5.97 Å². The standard InChI is InChI=1S/C21H25ClN2O5S/c1-6-24(7-2)30(27,28)16-8-9-19(22)18(12-16)20(25)23-15-10-13(3)14(4)17(11-15)21(26)29-5/h8-12H,6-7H2,1-5H3,(H,23,25). The summed E-state index contributed by atoms with van der Waals surface area (Å²) in [4.78, 5) is 24.8. The lowest BCUT2D eigenvalue weighted by Crippen LogP contribution is -2.30. The Hall–Kier alpha value is -2.42. The van der Waals surface area contributed by atoms with Crippen molar-refractivity contribution in [3.05, 3.63) is 57.6 Å². The average molecular weight is 453 g/mol. The molecule has 2 aromatic rings. The first-order valence-electron chi connectivity index (χ1n) is 9.37. The maximum atomic E-state index is 12.8. The molecule has 0 saturated heterocycles. The second-order valence-electron chi connectivity index (χ2n) is 6.64. The summed E-state index contributed by atoms with van der Waals surface area (Å²) in [6.45, 7) is 7.68. The predicted molar refractivity (Wildman–Crippen MR) is 117 cm³/mol. The fourth-order valence-corrected chi connectivity index (χ4v) is 4.69. The number of amides is 1. The quantitative estimate of drug-likeness (QED) is 0.640. The third-order valence-corrected chi connectivity index (χ3v) is 7.23. The molecule has 2 aromatic carbocycles. The molecule has 0 heterocycles. The lowest BCUT2D eigenvalue weighted by atomic mass is 10.0. The maximum Gasteiger partial charge on any atom is 0.338 e. The highest BCUT2D eigenvalue weighted by Gasteiger charge is 2.24. The molecule has 1 amide bonds. The van der Waals surface area contributed by atoms with Crippen molar-refractivity contribution in [3.8, 4) is 0 Å². The number of carbonyl (C=O) groups excluding carboxylic acids is 2. The Labute approximate surface area is 182 Å². The molecule has 0 aromatic heterocycles. The lowest BCUT2D eigenvalue weighted by molar-refractivity contribution is 0.0599. The van der Waals surface area contributed by atoms with Gasteiger partial charge in [-0.15, -0.1) is 0 Å². The lowest BCUT2D eigenvalue weighted by Gasteiger charge is -2.19. The number of sulfonamides is 1. The molecular formula is C21H25ClN2O5S. The molecule has 1 N–H and O–H groups in total. The van der Waals surface area contributed by atoms with Crippen molar-refractivity contribution >= 4 is 39.2 Å². The molecule has 0 saturated carbocycles. The first-order chi connectivity index (χ1) is 14.1. The van der Waals surface area contributed by atoms with E-state index in [1.165, 1.54) is 35.7 Å². The van der Waals surface area contributed by atoms with E-state index in [1.54, 1.807) is 26.8 Å². The summed E-state index contributed by atoms with van der Waals surface area (Å²) in [7, 11) is -2.47. The van der Waals surface area contributed by atoms with Crippen LogP contribution in [0.2, 0.25) is 5.02 Å². The number of nitrogens with one attached hydrogen (secondary N) is 1. The summed E-state index contributed by atoms with van der Waals surface area (Å²) >= 11 is 6.17. The zero-order valence-electron chi connectivity index (χ0n) is 17.6. The normalized spacial score (nSPS) is 11.4. The van der Waals surface area contributed by atoms with E-state index in [0.29, 0.717) is 24.3 Å². The summed E-state index contributed by atoms with van der Waals surface area (Å²) in [6, 6.07) is 7.24. The van der Waals surface area contributed by atoms with Crippen LogP contribution in [0.25, 0.3) is 0 Å². The third-order valence-electron chi connectivity index (χ3n) is 4.86. The van der Waals surface area contributed by atoms with Crippen LogP contribution in [0.3, 0.4) is 0 Å². The van der Waals surface area contributed by atoms with Gasteiger partial charge in [0.05, 0.1) is 28.2 Å². The number of ether oxygens (including phenoxy) is 1. The van der Waals surface area contributed by atoms with Crippen LogP contribution in [-0.2, 0) is 14.8 Å². The first kappa shape index (κ1) is 23.9. The van der Waals surface area contributed by atoms with Gasteiger partial charge in [-0.2, -0.15) is 4.31 Å². The molecule has 7 nitrogen and oxygen atoms in total. The number of carbonyl (C=O) groups is 2. The molecule has 9 heteroatoms. The van der Waals surface area contributed by atoms with Crippen LogP contribution < -0.4 is 5.32 Å². The van der Waals surface area contributed by atoms with Crippen molar-refractivity contribution in [2.75, 3.05) is 25.5 Å². The summed E-state index contributed by atoms with van der Waals surface area (Å²) in [5.41, 5.74) is 2.25. The van der Waals surface area contributed by atoms with E-state index < -0.39 is 21.9 Å². The monoisotopic (exact) mass is 452 g/mol. The molecule has 0 atom stereocenters. The zero-order chi connectivity index (χ0) is 22.6. The van der Waals surface area contributed by atoms with Crippen molar-refractivity contribution in [2.45, 2.75) is 32.6 Å². The number of hydrogen-bond acceptors (Lipinski definition) is 5. The highest BCUT2D eigenvalue weighted by molar-refractivity contribution is 7.89. The smallest absolute Gasteiger partial charge is 0.338 e. The Morgan fingerprint density at radius 2 is 1.70 bits per heavy atom. The number of anilines is 1. The van der Waals surface area contributed by atoms with Crippen LogP contribution in [0.15, 0.2) is 35.2 Å². The van der Waals surface area contributed by atoms with Gasteiger partial charge in [0, 0.05) is 18.8 Å². The number of hydrogen-bond donors (Lipinski definition) is 1. The van der Waals surface area contributed by atoms with E-state index in [2.05, 4.69) is 5.32 Å². The van der Waals surface area contributed by atoms with Gasteiger partial charge in [0.15, 0.2) is 0 Å². The zero-order valence-corrected chi connectivity index (χ0v) is 19.1. The number of benzene rings is 2. The fraction of sp³-hybridized carbons (Fsp3) is 0.333. The largest absolute Gasteiger partial charge is 0.465 e. The minimum absolute atomic E-state index is 0.0164. The second kappa shape index (κ2) is 9.59. The minimum Gasteiger partial charge on any atom is -0.465 e. The maximum absolute atomic E-state index is 12.8. The van der Waals surface area contributed by atoms with Crippen molar-refractivity contribution in [2.24, 2.45) is 0 Å². The molecule has 0 aliphatic carbocycles. The summed E-state index contributed by atoms with van der Waals surface area (Å²) in [6.07, 6.45) is 0. The minimum atomic E-state index is -3.75. The van der Waals surface area contributed by atoms with E-state index in [-0.39, 0.29) is 15.5 Å². The summed E-state index contributed by atoms with van der Waals surface area (Å²) in [5, 5.41) is 2.80. The van der Waals surface area contributed by atoms with E-state index in [4.69, 9.17) is 16.3 Å². The SMILES string of the molecule is CCN(CC)S(=O)(=O)c1ccc(Cl)c(C(=O)Nc2cc(C)c(C)c(C(=O)OC)c2)c1. The van der Waals surface area contributed by atoms with Crippen LogP contribution in [0.4, 0.5) is 5.69 Å². The van der Waals surface area contributed by atoms with E-state index >= 15 is 0 Å². The van der Waals surface area contributed by atoms with Gasteiger partial charge in [0.2, 0.25) is 10.0 Å². The number of methoxy groups -OCH3 is 1. The Balaban J connectivity index is 2.43. The van der Waals surface area contributed by atoms with E-state index in [9.17, 15) is 18.0 Å². The molecular weight excluding hydrogens is 428 g/mol. The molecule has 0 spiro atoms. The number of nitrogens with zero attached hydrogens (tertiary/aromatic N) is 1. The van der Waals surface area contributed by atoms with Gasteiger partial charge in [0.1, 0.15) is 0 Å². The second-order valence-corrected chi connectivity index (χ2v) is 8.99. The van der Waals surface area contributed by atoms with Gasteiger partial charge in [-0.1, -0.05) is 25.4 Å². The summed E-state index contributed by atoms with van der Waals surface area (Å²) in [5.74, 6) is -1.10. The number of aryl methyl sites for hydroxylation is 1. The van der Waals surface area contributed by atoms with E-state index in [1.807, 2.05) is 6.92 Å². The highest BCUT2D eigenvalue weighted by atomic mass is 35.5. The Morgan fingerprint density at radius 3 is 2.27 bits per heavy atom. The molecule has 2 rings (SSSR count). The molecule has 0 unspecified atom stereocenters. The van der Waals surface area contributed by atoms with Crippen molar-refractivity contribution in [3.63, 3.8) is 0 Å². The third kappa shape index (κ3) is 4.83. The van der Waals surface area contributed by atoms with Gasteiger partial charge < -0.3 is 10.1 Å². The molecule has 0 bridgehead atoms. The molecule has 0 fully saturated rings. The first-order valence-corrected chi connectivity index (χ1v) is 11.2. The van der Waals surface area contributed by atoms with Crippen molar-refractivity contribution in [1.82, 2.24) is 4.31 Å². The summed E-state index contributed by atoms with van der Waals surface area (Å²) < 4.78 is 31.6. The topological polar surface area (TPSA) is 92.8 Å². The predicted octanol–water partition coefficient (Wildman–Crippen LogP) is 4.03. The fourth-order valence-electron chi connectivity index (χ4n) is 3.00. The van der Waals surface area contributed by atoms with Gasteiger partial charge in [0.25, 0.3) is 5.91 Å². The van der Waals surface area contributed by atoms with Crippen LogP contribution in [0, 0.1) is 13.8 Å². The van der Waals surface area contributed by atoms with Crippen molar-refractivity contribution < 1.29 is 22.7 Å². The van der Waals surface area contributed by atoms with Crippen molar-refractivity contribution in [1.29, 1.82) is 0 Å². The van der Waals surface area contributed by atoms with Crippen LogP contribution in [0.1, 0.15) is 45.7 Å². The average Bonchev–Trinajstić information content (AvgIpc) is 2.70. The molecule has 0 aliphatic rings. The van der Waals surface area contributed by atoms with E-state index in [0.717, 1.165) is 11.1 Å². The Kier molecular flexibility index (Phi) is 7.63. The molecule has 0 radical (unpaired) electrons. The highest BCUT2D eigenvalue weighted by Crippen LogP contribution is 2.26. The number of halogens is 1. The molecule has 0 aliphatic heterocycles. The number of rotatable bonds is 7.